The Bertz CT molecular complexity index is 498. The van der Waals surface area contributed by atoms with Crippen molar-refractivity contribution in [2.75, 3.05) is 0 Å². The summed E-state index contributed by atoms with van der Waals surface area (Å²) in [6.07, 6.45) is 0. The Morgan fingerprint density at radius 2 is 1.64 bits per heavy atom. The van der Waals surface area contributed by atoms with Crippen molar-refractivity contribution in [3.8, 4) is 0 Å². The topological polar surface area (TPSA) is 12.9 Å². The molecular formula is C13H15N. The highest BCUT2D eigenvalue weighted by Gasteiger charge is 2.04. The molecule has 1 nitrogen and oxygen atoms in total. The molecule has 0 unspecified atom stereocenters. The van der Waals surface area contributed by atoms with Crippen LogP contribution in [-0.2, 0) is 0 Å². The lowest BCUT2D eigenvalue weighted by Crippen LogP contribution is -1.92. The van der Waals surface area contributed by atoms with Crippen LogP contribution < -0.4 is 0 Å². The van der Waals surface area contributed by atoms with E-state index < -0.39 is 0 Å². The molecule has 2 rings (SSSR count). The Hall–Kier alpha value is -1.37. The van der Waals surface area contributed by atoms with E-state index in [9.17, 15) is 0 Å². The lowest BCUT2D eigenvalue weighted by atomic mass is 10.0. The molecule has 72 valence electrons. The lowest BCUT2D eigenvalue weighted by molar-refractivity contribution is 1.22. The van der Waals surface area contributed by atoms with Crippen LogP contribution in [0.1, 0.15) is 22.4 Å². The normalized spacial score (nSPS) is 10.9. The van der Waals surface area contributed by atoms with Crippen molar-refractivity contribution in [3.05, 3.63) is 40.6 Å². The number of nitrogens with zero attached hydrogens (tertiary/aromatic N) is 1. The van der Waals surface area contributed by atoms with Gasteiger partial charge in [-0.1, -0.05) is 12.1 Å². The predicted octanol–water partition coefficient (Wildman–Crippen LogP) is 3.47. The molecule has 0 amide bonds. The summed E-state index contributed by atoms with van der Waals surface area (Å²) in [6.45, 7) is 8.47. The number of hydrogen-bond donors (Lipinski definition) is 0. The maximum Gasteiger partial charge on any atom is 0.0739 e. The second kappa shape index (κ2) is 3.09. The number of aromatic nitrogens is 1. The molecule has 1 heteroatoms. The number of rotatable bonds is 0. The van der Waals surface area contributed by atoms with Crippen LogP contribution in [0.25, 0.3) is 10.9 Å². The fourth-order valence-electron chi connectivity index (χ4n) is 1.86. The highest BCUT2D eigenvalue weighted by Crippen LogP contribution is 2.23. The van der Waals surface area contributed by atoms with Gasteiger partial charge in [0.2, 0.25) is 0 Å². The molecule has 0 fully saturated rings. The molecule has 0 aliphatic carbocycles. The van der Waals surface area contributed by atoms with Crippen LogP contribution in [0, 0.1) is 27.7 Å². The summed E-state index contributed by atoms with van der Waals surface area (Å²) < 4.78 is 0. The first-order chi connectivity index (χ1) is 6.59. The fraction of sp³-hybridized carbons (Fsp3) is 0.308. The Balaban J connectivity index is 2.95. The van der Waals surface area contributed by atoms with Crippen LogP contribution >= 0.6 is 0 Å². The molecule has 0 aliphatic rings. The molecule has 0 bridgehead atoms. The number of aryl methyl sites for hydroxylation is 4. The molecule has 14 heavy (non-hydrogen) atoms. The van der Waals surface area contributed by atoms with Gasteiger partial charge in [-0.2, -0.15) is 0 Å². The molecule has 0 aliphatic heterocycles. The molecule has 0 atom stereocenters. The number of hydrogen-bond acceptors (Lipinski definition) is 1. The maximum atomic E-state index is 4.60. The molecule has 2 aromatic rings. The minimum atomic E-state index is 1.09. The third-order valence-corrected chi connectivity index (χ3v) is 2.84. The highest BCUT2D eigenvalue weighted by molar-refractivity contribution is 5.86. The Morgan fingerprint density at radius 1 is 0.929 bits per heavy atom. The fourth-order valence-corrected chi connectivity index (χ4v) is 1.86. The van der Waals surface area contributed by atoms with Crippen LogP contribution in [0.2, 0.25) is 0 Å². The van der Waals surface area contributed by atoms with Crippen molar-refractivity contribution in [3.63, 3.8) is 0 Å². The zero-order valence-corrected chi connectivity index (χ0v) is 9.18. The van der Waals surface area contributed by atoms with E-state index in [0.717, 1.165) is 11.2 Å². The van der Waals surface area contributed by atoms with Crippen LogP contribution in [0.15, 0.2) is 18.2 Å². The Labute approximate surface area is 84.8 Å². The van der Waals surface area contributed by atoms with Crippen molar-refractivity contribution >= 4 is 10.9 Å². The molecule has 0 saturated heterocycles. The van der Waals surface area contributed by atoms with Gasteiger partial charge in [0.1, 0.15) is 0 Å². The molecule has 1 aromatic carbocycles. The smallest absolute Gasteiger partial charge is 0.0739 e. The molecule has 1 aromatic heterocycles. The van der Waals surface area contributed by atoms with Crippen molar-refractivity contribution in [2.24, 2.45) is 0 Å². The third-order valence-electron chi connectivity index (χ3n) is 2.84. The van der Waals surface area contributed by atoms with E-state index in [2.05, 4.69) is 44.0 Å². The zero-order valence-electron chi connectivity index (χ0n) is 9.18. The van der Waals surface area contributed by atoms with Gasteiger partial charge in [-0.05, 0) is 50.5 Å². The second-order valence-electron chi connectivity index (χ2n) is 3.98. The Morgan fingerprint density at radius 3 is 2.36 bits per heavy atom. The second-order valence-corrected chi connectivity index (χ2v) is 3.98. The van der Waals surface area contributed by atoms with Gasteiger partial charge in [0, 0.05) is 11.1 Å². The minimum absolute atomic E-state index is 1.09. The van der Waals surface area contributed by atoms with Gasteiger partial charge in [-0.3, -0.25) is 4.98 Å². The summed E-state index contributed by atoms with van der Waals surface area (Å²) in [7, 11) is 0. The monoisotopic (exact) mass is 185 g/mol. The van der Waals surface area contributed by atoms with Crippen molar-refractivity contribution in [2.45, 2.75) is 27.7 Å². The third kappa shape index (κ3) is 1.29. The van der Waals surface area contributed by atoms with Crippen molar-refractivity contribution in [1.82, 2.24) is 4.98 Å². The van der Waals surface area contributed by atoms with Gasteiger partial charge < -0.3 is 0 Å². The van der Waals surface area contributed by atoms with Crippen LogP contribution in [-0.4, -0.2) is 4.98 Å². The molecule has 0 radical (unpaired) electrons. The standard InChI is InChI=1S/C13H15N/c1-8-7-9(2)12-6-5-10(3)14-13(12)11(8)4/h5-7H,1-4H3. The van der Waals surface area contributed by atoms with Crippen molar-refractivity contribution < 1.29 is 0 Å². The zero-order chi connectivity index (χ0) is 10.3. The summed E-state index contributed by atoms with van der Waals surface area (Å²) in [4.78, 5) is 4.60. The van der Waals surface area contributed by atoms with Gasteiger partial charge in [-0.25, -0.2) is 0 Å². The lowest BCUT2D eigenvalue weighted by Gasteiger charge is -2.08. The molecule has 1 heterocycles. The maximum absolute atomic E-state index is 4.60. The first kappa shape index (κ1) is 9.20. The highest BCUT2D eigenvalue weighted by atomic mass is 14.7. The summed E-state index contributed by atoms with van der Waals surface area (Å²) in [5, 5.41) is 1.28. The summed E-state index contributed by atoms with van der Waals surface area (Å²) in [5.41, 5.74) is 6.19. The molecule has 0 saturated carbocycles. The van der Waals surface area contributed by atoms with E-state index in [0.29, 0.717) is 0 Å². The quantitative estimate of drug-likeness (QED) is 0.612. The number of pyridine rings is 1. The van der Waals surface area contributed by atoms with Gasteiger partial charge in [0.05, 0.1) is 5.52 Å². The van der Waals surface area contributed by atoms with E-state index >= 15 is 0 Å². The molecule has 0 N–H and O–H groups in total. The predicted molar refractivity (Wildman–Crippen MR) is 60.7 cm³/mol. The van der Waals surface area contributed by atoms with Gasteiger partial charge in [0.25, 0.3) is 0 Å². The largest absolute Gasteiger partial charge is 0.253 e. The SMILES string of the molecule is Cc1ccc2c(C)cc(C)c(C)c2n1. The van der Waals surface area contributed by atoms with Crippen molar-refractivity contribution in [1.29, 1.82) is 0 Å². The van der Waals surface area contributed by atoms with E-state index in [4.69, 9.17) is 0 Å². The number of fused-ring (bicyclic) bond motifs is 1. The summed E-state index contributed by atoms with van der Waals surface area (Å²) >= 11 is 0. The average molecular weight is 185 g/mol. The number of benzene rings is 1. The van der Waals surface area contributed by atoms with Crippen LogP contribution in [0.4, 0.5) is 0 Å². The first-order valence-electron chi connectivity index (χ1n) is 4.94. The van der Waals surface area contributed by atoms with Gasteiger partial charge in [-0.15, -0.1) is 0 Å². The Kier molecular flexibility index (Phi) is 2.03. The van der Waals surface area contributed by atoms with Crippen LogP contribution in [0.3, 0.4) is 0 Å². The summed E-state index contributed by atoms with van der Waals surface area (Å²) in [6, 6.07) is 6.47. The van der Waals surface area contributed by atoms with Crippen LogP contribution in [0.5, 0.6) is 0 Å². The molecule has 0 spiro atoms. The van der Waals surface area contributed by atoms with Gasteiger partial charge in [0.15, 0.2) is 0 Å². The average Bonchev–Trinajstić information content (AvgIpc) is 2.14. The minimum Gasteiger partial charge on any atom is -0.253 e. The first-order valence-corrected chi connectivity index (χ1v) is 4.94. The summed E-state index contributed by atoms with van der Waals surface area (Å²) in [5.74, 6) is 0. The van der Waals surface area contributed by atoms with E-state index in [1.165, 1.54) is 22.1 Å². The molecular weight excluding hydrogens is 170 g/mol. The van der Waals surface area contributed by atoms with E-state index in [1.54, 1.807) is 0 Å². The van der Waals surface area contributed by atoms with E-state index in [-0.39, 0.29) is 0 Å². The van der Waals surface area contributed by atoms with E-state index in [1.807, 2.05) is 6.92 Å². The van der Waals surface area contributed by atoms with Gasteiger partial charge >= 0.3 is 0 Å².